The molecular weight excluding hydrogens is 411 g/mol. The Labute approximate surface area is 159 Å². The Balaban J connectivity index is 2.64. The van der Waals surface area contributed by atoms with Crippen LogP contribution in [-0.4, -0.2) is 10.9 Å². The molecule has 0 heterocycles. The van der Waals surface area contributed by atoms with E-state index in [-0.39, 0.29) is 23.5 Å². The second kappa shape index (κ2) is 7.03. The lowest BCUT2D eigenvalue weighted by Gasteiger charge is -2.40. The summed E-state index contributed by atoms with van der Waals surface area (Å²) in [5, 5.41) is 10.8. The minimum Gasteiger partial charge on any atom is -0.508 e. The zero-order valence-electron chi connectivity index (χ0n) is 15.4. The van der Waals surface area contributed by atoms with E-state index in [0.29, 0.717) is 5.76 Å². The number of benzene rings is 1. The average molecular weight is 438 g/mol. The van der Waals surface area contributed by atoms with E-state index < -0.39 is 5.41 Å². The maximum atomic E-state index is 13.4. The summed E-state index contributed by atoms with van der Waals surface area (Å²) in [5.41, 5.74) is 1.99. The number of carbonyl (C=O) groups excluding carboxylic acids is 1. The molecule has 2 atom stereocenters. The number of aliphatic hydroxyl groups is 1. The van der Waals surface area contributed by atoms with Gasteiger partial charge < -0.3 is 5.11 Å². The summed E-state index contributed by atoms with van der Waals surface area (Å²) in [7, 11) is 0. The SMILES string of the molecule is CC(C)C1=CC(C)(C(=O)c2ccccc2I)C(C)C(C(C)C)=C1O. The summed E-state index contributed by atoms with van der Waals surface area (Å²) >= 11 is 2.22. The molecule has 0 bridgehead atoms. The molecule has 0 saturated heterocycles. The third kappa shape index (κ3) is 3.19. The van der Waals surface area contributed by atoms with Crippen molar-refractivity contribution >= 4 is 28.4 Å². The van der Waals surface area contributed by atoms with Gasteiger partial charge in [-0.05, 0) is 64.5 Å². The van der Waals surface area contributed by atoms with Crippen LogP contribution in [-0.2, 0) is 0 Å². The molecule has 0 fully saturated rings. The van der Waals surface area contributed by atoms with Crippen molar-refractivity contribution in [1.29, 1.82) is 0 Å². The lowest BCUT2D eigenvalue weighted by atomic mass is 9.62. The van der Waals surface area contributed by atoms with E-state index in [0.717, 1.165) is 20.3 Å². The predicted molar refractivity (Wildman–Crippen MR) is 108 cm³/mol. The molecule has 0 amide bonds. The highest BCUT2D eigenvalue weighted by Crippen LogP contribution is 2.47. The van der Waals surface area contributed by atoms with E-state index >= 15 is 0 Å². The second-order valence-electron chi connectivity index (χ2n) is 7.53. The van der Waals surface area contributed by atoms with Crippen molar-refractivity contribution in [1.82, 2.24) is 0 Å². The fraction of sp³-hybridized carbons (Fsp3) is 0.476. The van der Waals surface area contributed by atoms with Crippen LogP contribution in [0.5, 0.6) is 0 Å². The Hall–Kier alpha value is -1.10. The minimum atomic E-state index is -0.646. The van der Waals surface area contributed by atoms with Gasteiger partial charge in [-0.15, -0.1) is 0 Å². The van der Waals surface area contributed by atoms with E-state index in [2.05, 4.69) is 57.2 Å². The van der Waals surface area contributed by atoms with Gasteiger partial charge >= 0.3 is 0 Å². The third-order valence-electron chi connectivity index (χ3n) is 5.22. The van der Waals surface area contributed by atoms with Crippen LogP contribution in [0.4, 0.5) is 0 Å². The van der Waals surface area contributed by atoms with Gasteiger partial charge in [0.2, 0.25) is 0 Å². The summed E-state index contributed by atoms with van der Waals surface area (Å²) in [6.07, 6.45) is 2.01. The molecule has 3 heteroatoms. The Bertz CT molecular complexity index is 712. The van der Waals surface area contributed by atoms with Crippen molar-refractivity contribution < 1.29 is 9.90 Å². The van der Waals surface area contributed by atoms with Crippen molar-refractivity contribution in [3.8, 4) is 0 Å². The lowest BCUT2D eigenvalue weighted by Crippen LogP contribution is -2.39. The molecule has 0 saturated carbocycles. The molecule has 130 valence electrons. The van der Waals surface area contributed by atoms with Crippen LogP contribution in [0.25, 0.3) is 0 Å². The molecule has 0 aromatic heterocycles. The van der Waals surface area contributed by atoms with Crippen molar-refractivity contribution in [2.24, 2.45) is 23.2 Å². The van der Waals surface area contributed by atoms with Gasteiger partial charge in [0.25, 0.3) is 0 Å². The number of hydrogen-bond donors (Lipinski definition) is 1. The van der Waals surface area contributed by atoms with Crippen LogP contribution in [0.15, 0.2) is 47.2 Å². The summed E-state index contributed by atoms with van der Waals surface area (Å²) in [4.78, 5) is 13.4. The molecule has 1 aromatic carbocycles. The predicted octanol–water partition coefficient (Wildman–Crippen LogP) is 6.18. The topological polar surface area (TPSA) is 37.3 Å². The monoisotopic (exact) mass is 438 g/mol. The van der Waals surface area contributed by atoms with Gasteiger partial charge in [0.1, 0.15) is 5.76 Å². The highest BCUT2D eigenvalue weighted by Gasteiger charge is 2.45. The fourth-order valence-electron chi connectivity index (χ4n) is 3.62. The third-order valence-corrected chi connectivity index (χ3v) is 6.16. The summed E-state index contributed by atoms with van der Waals surface area (Å²) < 4.78 is 0.970. The first-order valence-electron chi connectivity index (χ1n) is 8.56. The molecule has 1 aliphatic carbocycles. The van der Waals surface area contributed by atoms with Gasteiger partial charge in [-0.3, -0.25) is 4.79 Å². The molecule has 1 aliphatic rings. The summed E-state index contributed by atoms with van der Waals surface area (Å²) in [6.45, 7) is 12.4. The molecule has 2 nitrogen and oxygen atoms in total. The Morgan fingerprint density at radius 3 is 2.25 bits per heavy atom. The first-order chi connectivity index (χ1) is 11.1. The second-order valence-corrected chi connectivity index (χ2v) is 8.69. The molecule has 2 rings (SSSR count). The highest BCUT2D eigenvalue weighted by molar-refractivity contribution is 14.1. The van der Waals surface area contributed by atoms with Gasteiger partial charge in [-0.2, -0.15) is 0 Å². The Morgan fingerprint density at radius 2 is 1.75 bits per heavy atom. The normalized spacial score (nSPS) is 24.5. The number of allylic oxidation sites excluding steroid dienone is 3. The van der Waals surface area contributed by atoms with E-state index in [9.17, 15) is 9.90 Å². The lowest BCUT2D eigenvalue weighted by molar-refractivity contribution is 0.0809. The van der Waals surface area contributed by atoms with Gasteiger partial charge in [-0.25, -0.2) is 0 Å². The Morgan fingerprint density at radius 1 is 1.17 bits per heavy atom. The van der Waals surface area contributed by atoms with Gasteiger partial charge in [0, 0.05) is 9.13 Å². The standard InChI is InChI=1S/C21H27IO2/c1-12(2)16-11-21(6,14(5)18(13(3)4)19(16)23)20(24)15-9-7-8-10-17(15)22/h7-14,23H,1-6H3. The molecule has 2 unspecified atom stereocenters. The fourth-order valence-corrected chi connectivity index (χ4v) is 4.25. The largest absolute Gasteiger partial charge is 0.508 e. The number of rotatable bonds is 4. The molecule has 0 aliphatic heterocycles. The molecule has 24 heavy (non-hydrogen) atoms. The van der Waals surface area contributed by atoms with Crippen LogP contribution in [0.2, 0.25) is 0 Å². The number of hydrogen-bond acceptors (Lipinski definition) is 2. The minimum absolute atomic E-state index is 0.0384. The van der Waals surface area contributed by atoms with Crippen molar-refractivity contribution in [2.75, 3.05) is 0 Å². The van der Waals surface area contributed by atoms with Gasteiger partial charge in [0.05, 0.1) is 5.41 Å². The van der Waals surface area contributed by atoms with E-state index in [4.69, 9.17) is 0 Å². The van der Waals surface area contributed by atoms with Crippen LogP contribution in [0.3, 0.4) is 0 Å². The zero-order chi connectivity index (χ0) is 18.2. The maximum absolute atomic E-state index is 13.4. The first-order valence-corrected chi connectivity index (χ1v) is 9.64. The summed E-state index contributed by atoms with van der Waals surface area (Å²) in [6, 6.07) is 7.73. The molecule has 0 spiro atoms. The van der Waals surface area contributed by atoms with E-state index in [1.165, 1.54) is 0 Å². The Kier molecular flexibility index (Phi) is 5.63. The first kappa shape index (κ1) is 19.2. The number of Topliss-reactive ketones (excluding diaryl/α,β-unsaturated/α-hetero) is 1. The quantitative estimate of drug-likeness (QED) is 0.450. The summed E-state index contributed by atoms with van der Waals surface area (Å²) in [5.74, 6) is 0.852. The molecule has 1 N–H and O–H groups in total. The van der Waals surface area contributed by atoms with Crippen molar-refractivity contribution in [3.05, 3.63) is 56.4 Å². The smallest absolute Gasteiger partial charge is 0.174 e. The maximum Gasteiger partial charge on any atom is 0.174 e. The van der Waals surface area contributed by atoms with Crippen molar-refractivity contribution in [3.63, 3.8) is 0 Å². The van der Waals surface area contributed by atoms with Crippen LogP contribution in [0.1, 0.15) is 51.9 Å². The van der Waals surface area contributed by atoms with Gasteiger partial charge in [-0.1, -0.05) is 58.9 Å². The number of carbonyl (C=O) groups is 1. The average Bonchev–Trinajstić information content (AvgIpc) is 2.50. The molecular formula is C21H27IO2. The van der Waals surface area contributed by atoms with E-state index in [1.807, 2.05) is 37.3 Å². The number of ketones is 1. The highest BCUT2D eigenvalue weighted by atomic mass is 127. The number of halogens is 1. The molecule has 1 aromatic rings. The number of aliphatic hydroxyl groups excluding tert-OH is 1. The van der Waals surface area contributed by atoms with E-state index in [1.54, 1.807) is 0 Å². The zero-order valence-corrected chi connectivity index (χ0v) is 17.5. The molecule has 0 radical (unpaired) electrons. The van der Waals surface area contributed by atoms with Crippen LogP contribution >= 0.6 is 22.6 Å². The van der Waals surface area contributed by atoms with Crippen LogP contribution in [0, 0.1) is 26.7 Å². The van der Waals surface area contributed by atoms with Gasteiger partial charge in [0.15, 0.2) is 5.78 Å². The van der Waals surface area contributed by atoms with Crippen molar-refractivity contribution in [2.45, 2.75) is 41.5 Å². The van der Waals surface area contributed by atoms with Crippen LogP contribution < -0.4 is 0 Å².